The van der Waals surface area contributed by atoms with Crippen molar-refractivity contribution in [3.05, 3.63) is 54.4 Å². The molecule has 0 amide bonds. The van der Waals surface area contributed by atoms with Gasteiger partial charge in [-0.2, -0.15) is 0 Å². The Kier molecular flexibility index (Phi) is 6.92. The van der Waals surface area contributed by atoms with Crippen LogP contribution in [0.4, 0.5) is 0 Å². The zero-order valence-electron chi connectivity index (χ0n) is 11.6. The summed E-state index contributed by atoms with van der Waals surface area (Å²) in [4.78, 5) is 6.12. The van der Waals surface area contributed by atoms with Crippen molar-refractivity contribution >= 4 is 90.7 Å². The van der Waals surface area contributed by atoms with Gasteiger partial charge < -0.3 is 9.97 Å². The van der Waals surface area contributed by atoms with Gasteiger partial charge in [-0.3, -0.25) is 0 Å². The maximum atomic E-state index is 5.79. The van der Waals surface area contributed by atoms with E-state index in [9.17, 15) is 0 Å². The van der Waals surface area contributed by atoms with E-state index in [0.29, 0.717) is 0 Å². The number of H-pyrrole nitrogens is 2. The third-order valence-electron chi connectivity index (χ3n) is 2.77. The first-order valence-electron chi connectivity index (χ1n) is 6.08. The van der Waals surface area contributed by atoms with Crippen LogP contribution < -0.4 is 0 Å². The van der Waals surface area contributed by atoms with Crippen molar-refractivity contribution in [2.45, 2.75) is 0 Å². The second-order valence-electron chi connectivity index (χ2n) is 4.31. The molecule has 0 spiro atoms. The number of nitrogens with one attached hydrogen (secondary N) is 2. The Labute approximate surface area is 173 Å². The van der Waals surface area contributed by atoms with Crippen LogP contribution in [0.2, 0.25) is 10.0 Å². The molecule has 114 valence electrons. The van der Waals surface area contributed by atoms with Gasteiger partial charge in [0.1, 0.15) is 0 Å². The summed E-state index contributed by atoms with van der Waals surface area (Å²) in [6.07, 6.45) is 0. The molecule has 23 heavy (non-hydrogen) atoms. The Bertz CT molecular complexity index is 978. The molecule has 2 nitrogen and oxygen atoms in total. The molecule has 0 saturated heterocycles. The number of fused-ring (bicyclic) bond motifs is 2. The first kappa shape index (κ1) is 19.2. The fraction of sp³-hybridized carbons (Fsp3) is 0. The van der Waals surface area contributed by atoms with Crippen LogP contribution in [0.15, 0.2) is 36.4 Å². The molecule has 2 aromatic heterocycles. The standard InChI is InChI=1S/2C7H4ClNS2.Zn/c2*8-4-1-2-5-6(3-4)11-7(10)9-5;/h2*1-3H,(H,9,10);. The van der Waals surface area contributed by atoms with Gasteiger partial charge in [0.2, 0.25) is 0 Å². The summed E-state index contributed by atoms with van der Waals surface area (Å²) in [6.45, 7) is 0. The van der Waals surface area contributed by atoms with E-state index in [1.54, 1.807) is 22.7 Å². The smallest absolute Gasteiger partial charge is 0.159 e. The van der Waals surface area contributed by atoms with Crippen LogP contribution in [0.3, 0.4) is 0 Å². The zero-order chi connectivity index (χ0) is 15.7. The van der Waals surface area contributed by atoms with E-state index in [0.717, 1.165) is 38.4 Å². The fourth-order valence-electron chi connectivity index (χ4n) is 1.84. The van der Waals surface area contributed by atoms with E-state index in [4.69, 9.17) is 47.6 Å². The Balaban J connectivity index is 0.000000160. The second-order valence-corrected chi connectivity index (χ2v) is 8.62. The molecule has 2 N–H and O–H groups in total. The van der Waals surface area contributed by atoms with Crippen LogP contribution in [-0.2, 0) is 19.5 Å². The summed E-state index contributed by atoms with van der Waals surface area (Å²) in [5.41, 5.74) is 2.12. The minimum atomic E-state index is 0. The van der Waals surface area contributed by atoms with Gasteiger partial charge in [0, 0.05) is 29.5 Å². The number of hydrogen-bond acceptors (Lipinski definition) is 4. The van der Waals surface area contributed by atoms with Crippen molar-refractivity contribution < 1.29 is 19.5 Å². The number of hydrogen-bond donors (Lipinski definition) is 2. The fourth-order valence-corrected chi connectivity index (χ4v) is 4.62. The van der Waals surface area contributed by atoms with Crippen molar-refractivity contribution in [1.82, 2.24) is 9.97 Å². The predicted octanol–water partition coefficient (Wildman–Crippen LogP) is 7.22. The van der Waals surface area contributed by atoms with Crippen LogP contribution in [0, 0.1) is 7.91 Å². The van der Waals surface area contributed by atoms with Crippen LogP contribution in [0.25, 0.3) is 20.4 Å². The van der Waals surface area contributed by atoms with Gasteiger partial charge in [-0.15, -0.1) is 22.7 Å². The van der Waals surface area contributed by atoms with Crippen LogP contribution in [-0.4, -0.2) is 9.97 Å². The third-order valence-corrected chi connectivity index (χ3v) is 5.63. The summed E-state index contributed by atoms with van der Waals surface area (Å²) < 4.78 is 3.81. The maximum Gasteiger partial charge on any atom is 0.159 e. The molecule has 0 bridgehead atoms. The van der Waals surface area contributed by atoms with Crippen molar-refractivity contribution in [3.8, 4) is 0 Å². The number of benzene rings is 2. The Hall–Kier alpha value is -0.137. The topological polar surface area (TPSA) is 31.6 Å². The first-order chi connectivity index (χ1) is 10.5. The summed E-state index contributed by atoms with van der Waals surface area (Å²) in [5, 5.41) is 1.51. The van der Waals surface area contributed by atoms with Gasteiger partial charge in [0.05, 0.1) is 20.4 Å². The maximum absolute atomic E-state index is 5.79. The number of rotatable bonds is 0. The Morgan fingerprint density at radius 3 is 1.52 bits per heavy atom. The molecule has 0 unspecified atom stereocenters. The van der Waals surface area contributed by atoms with Crippen molar-refractivity contribution in [2.24, 2.45) is 0 Å². The van der Waals surface area contributed by atoms with E-state index < -0.39 is 0 Å². The summed E-state index contributed by atoms with van der Waals surface area (Å²) >= 11 is 24.6. The molecule has 2 aromatic carbocycles. The number of halogens is 2. The SMILES string of the molecule is S=c1[nH]c2ccc(Cl)cc2s1.S=c1[nH]c2ccc(Cl)cc2s1.[Zn]. The minimum Gasteiger partial charge on any atom is -0.337 e. The summed E-state index contributed by atoms with van der Waals surface area (Å²) in [5.74, 6) is 0. The van der Waals surface area contributed by atoms with Crippen molar-refractivity contribution in [3.63, 3.8) is 0 Å². The molecule has 0 radical (unpaired) electrons. The van der Waals surface area contributed by atoms with Crippen LogP contribution >= 0.6 is 70.3 Å². The molecule has 0 aliphatic carbocycles. The molecule has 2 heterocycles. The molecule has 0 saturated carbocycles. The number of aromatic nitrogens is 2. The normalized spacial score (nSPS) is 10.2. The number of aromatic amines is 2. The van der Waals surface area contributed by atoms with Crippen molar-refractivity contribution in [2.75, 3.05) is 0 Å². The summed E-state index contributed by atoms with van der Waals surface area (Å²) in [7, 11) is 0. The molecule has 0 fully saturated rings. The predicted molar refractivity (Wildman–Crippen MR) is 104 cm³/mol. The zero-order valence-corrected chi connectivity index (χ0v) is 19.3. The van der Waals surface area contributed by atoms with E-state index in [-0.39, 0.29) is 19.5 Å². The Morgan fingerprint density at radius 1 is 0.739 bits per heavy atom. The second kappa shape index (κ2) is 8.30. The molecule has 9 heteroatoms. The van der Waals surface area contributed by atoms with Crippen LogP contribution in [0.1, 0.15) is 0 Å². The van der Waals surface area contributed by atoms with Crippen molar-refractivity contribution in [1.29, 1.82) is 0 Å². The van der Waals surface area contributed by atoms with E-state index >= 15 is 0 Å². The molecular formula is C14H8Cl2N2S4Zn. The summed E-state index contributed by atoms with van der Waals surface area (Å²) in [6, 6.07) is 11.4. The molecule has 0 atom stereocenters. The van der Waals surface area contributed by atoms with E-state index in [1.807, 2.05) is 36.4 Å². The van der Waals surface area contributed by atoms with Gasteiger partial charge in [-0.25, -0.2) is 0 Å². The van der Waals surface area contributed by atoms with Gasteiger partial charge >= 0.3 is 0 Å². The van der Waals surface area contributed by atoms with E-state index in [1.165, 1.54) is 0 Å². The minimum absolute atomic E-state index is 0. The molecule has 0 aliphatic heterocycles. The largest absolute Gasteiger partial charge is 0.337 e. The van der Waals surface area contributed by atoms with E-state index in [2.05, 4.69) is 9.97 Å². The monoisotopic (exact) mass is 466 g/mol. The number of thiazole rings is 2. The quantitative estimate of drug-likeness (QED) is 0.211. The molecule has 0 aliphatic rings. The molecule has 4 aromatic rings. The molecule has 4 rings (SSSR count). The molecular weight excluding hydrogens is 461 g/mol. The van der Waals surface area contributed by atoms with Crippen LogP contribution in [0.5, 0.6) is 0 Å². The van der Waals surface area contributed by atoms with Gasteiger partial charge in [0.25, 0.3) is 0 Å². The van der Waals surface area contributed by atoms with Gasteiger partial charge in [-0.1, -0.05) is 23.2 Å². The van der Waals surface area contributed by atoms with Gasteiger partial charge in [-0.05, 0) is 60.8 Å². The third kappa shape index (κ3) is 4.92. The van der Waals surface area contributed by atoms with Gasteiger partial charge in [0.15, 0.2) is 7.91 Å². The first-order valence-corrected chi connectivity index (χ1v) is 9.28. The average Bonchev–Trinajstić information content (AvgIpc) is 2.99. The Morgan fingerprint density at radius 2 is 1.13 bits per heavy atom. The average molecular weight is 469 g/mol.